The average molecular weight is 304 g/mol. The second kappa shape index (κ2) is 7.41. The molecule has 0 aliphatic heterocycles. The normalized spacial score (nSPS) is 11.6. The van der Waals surface area contributed by atoms with E-state index in [4.69, 9.17) is 10.2 Å². The number of rotatable bonds is 8. The molecule has 0 saturated heterocycles. The second-order valence-corrected chi connectivity index (χ2v) is 5.87. The van der Waals surface area contributed by atoms with E-state index in [9.17, 15) is 13.2 Å². The fraction of sp³-hybridized carbons (Fsp3) is 0.583. The predicted octanol–water partition coefficient (Wildman–Crippen LogP) is 0.646. The van der Waals surface area contributed by atoms with Gasteiger partial charge in [-0.15, -0.1) is 0 Å². The zero-order valence-corrected chi connectivity index (χ0v) is 12.5. The maximum atomic E-state index is 12.1. The van der Waals surface area contributed by atoms with Crippen LogP contribution >= 0.6 is 0 Å². The SMILES string of the molecule is CCc1oc(C(=O)OC)cc1S(=O)(=O)NCCCCN. The van der Waals surface area contributed by atoms with Crippen molar-refractivity contribution in [1.82, 2.24) is 4.72 Å². The smallest absolute Gasteiger partial charge is 0.373 e. The Morgan fingerprint density at radius 1 is 1.45 bits per heavy atom. The fourth-order valence-corrected chi connectivity index (χ4v) is 2.96. The average Bonchev–Trinajstić information content (AvgIpc) is 2.88. The van der Waals surface area contributed by atoms with Crippen molar-refractivity contribution in [3.63, 3.8) is 0 Å². The van der Waals surface area contributed by atoms with Crippen LogP contribution in [-0.2, 0) is 21.2 Å². The zero-order chi connectivity index (χ0) is 15.2. The lowest BCUT2D eigenvalue weighted by molar-refractivity contribution is 0.0563. The van der Waals surface area contributed by atoms with Gasteiger partial charge in [-0.25, -0.2) is 17.9 Å². The minimum Gasteiger partial charge on any atom is -0.463 e. The molecule has 0 saturated carbocycles. The number of unbranched alkanes of at least 4 members (excludes halogenated alkanes) is 1. The molecule has 0 bridgehead atoms. The predicted molar refractivity (Wildman–Crippen MR) is 72.9 cm³/mol. The number of nitrogens with two attached hydrogens (primary N) is 1. The summed E-state index contributed by atoms with van der Waals surface area (Å²) in [7, 11) is -2.49. The molecule has 1 heterocycles. The van der Waals surface area contributed by atoms with Crippen LogP contribution in [0.15, 0.2) is 15.4 Å². The minimum absolute atomic E-state index is 0.0202. The lowest BCUT2D eigenvalue weighted by atomic mass is 10.3. The van der Waals surface area contributed by atoms with Crippen LogP contribution in [0.25, 0.3) is 0 Å². The molecule has 0 amide bonds. The molecule has 1 aromatic rings. The van der Waals surface area contributed by atoms with E-state index in [1.54, 1.807) is 6.92 Å². The third kappa shape index (κ3) is 4.06. The van der Waals surface area contributed by atoms with Gasteiger partial charge in [0.2, 0.25) is 15.8 Å². The van der Waals surface area contributed by atoms with E-state index in [0.717, 1.165) is 6.42 Å². The Kier molecular flexibility index (Phi) is 6.18. The van der Waals surface area contributed by atoms with Crippen LogP contribution in [0.4, 0.5) is 0 Å². The van der Waals surface area contributed by atoms with Crippen molar-refractivity contribution in [2.45, 2.75) is 31.1 Å². The maximum Gasteiger partial charge on any atom is 0.373 e. The first kappa shape index (κ1) is 16.7. The van der Waals surface area contributed by atoms with Gasteiger partial charge in [0.05, 0.1) is 7.11 Å². The summed E-state index contributed by atoms with van der Waals surface area (Å²) in [4.78, 5) is 11.4. The summed E-state index contributed by atoms with van der Waals surface area (Å²) in [6, 6.07) is 1.19. The van der Waals surface area contributed by atoms with E-state index in [1.165, 1.54) is 13.2 Å². The van der Waals surface area contributed by atoms with Crippen molar-refractivity contribution < 1.29 is 22.4 Å². The van der Waals surface area contributed by atoms with Crippen LogP contribution in [0.1, 0.15) is 36.1 Å². The van der Waals surface area contributed by atoms with E-state index < -0.39 is 16.0 Å². The fourth-order valence-electron chi connectivity index (χ4n) is 1.64. The molecule has 0 fully saturated rings. The van der Waals surface area contributed by atoms with Crippen LogP contribution in [0.5, 0.6) is 0 Å². The highest BCUT2D eigenvalue weighted by atomic mass is 32.2. The van der Waals surface area contributed by atoms with Crippen molar-refractivity contribution >= 4 is 16.0 Å². The molecule has 0 radical (unpaired) electrons. The summed E-state index contributed by atoms with van der Waals surface area (Å²) in [6.45, 7) is 2.55. The second-order valence-electron chi connectivity index (χ2n) is 4.14. The van der Waals surface area contributed by atoms with Gasteiger partial charge in [-0.05, 0) is 19.4 Å². The van der Waals surface area contributed by atoms with Crippen LogP contribution in [0, 0.1) is 0 Å². The quantitative estimate of drug-likeness (QED) is 0.538. The molecule has 8 heteroatoms. The molecule has 0 unspecified atom stereocenters. The Morgan fingerprint density at radius 2 is 2.15 bits per heavy atom. The first-order chi connectivity index (χ1) is 9.46. The molecule has 0 aliphatic rings. The van der Waals surface area contributed by atoms with Gasteiger partial charge < -0.3 is 14.9 Å². The summed E-state index contributed by atoms with van der Waals surface area (Å²) >= 11 is 0. The molecule has 0 aromatic carbocycles. The number of hydrogen-bond acceptors (Lipinski definition) is 6. The number of aryl methyl sites for hydroxylation is 1. The lowest BCUT2D eigenvalue weighted by Gasteiger charge is -2.05. The molecule has 3 N–H and O–H groups in total. The summed E-state index contributed by atoms with van der Waals surface area (Å²) in [5.74, 6) is -0.590. The molecule has 114 valence electrons. The molecule has 7 nitrogen and oxygen atoms in total. The van der Waals surface area contributed by atoms with Crippen LogP contribution in [0.3, 0.4) is 0 Å². The molecule has 20 heavy (non-hydrogen) atoms. The monoisotopic (exact) mass is 304 g/mol. The number of hydrogen-bond donors (Lipinski definition) is 2. The molecular formula is C12H20N2O5S. The highest BCUT2D eigenvalue weighted by Gasteiger charge is 2.25. The third-order valence-corrected chi connectivity index (χ3v) is 4.20. The van der Waals surface area contributed by atoms with Crippen molar-refractivity contribution in [2.24, 2.45) is 5.73 Å². The topological polar surface area (TPSA) is 112 Å². The van der Waals surface area contributed by atoms with Gasteiger partial charge >= 0.3 is 5.97 Å². The largest absolute Gasteiger partial charge is 0.463 e. The summed E-state index contributed by atoms with van der Waals surface area (Å²) < 4.78 is 36.5. The number of furan rings is 1. The highest BCUT2D eigenvalue weighted by molar-refractivity contribution is 7.89. The number of nitrogens with one attached hydrogen (secondary N) is 1. The number of sulfonamides is 1. The van der Waals surface area contributed by atoms with Gasteiger partial charge in [0.25, 0.3) is 0 Å². The molecule has 0 spiro atoms. The van der Waals surface area contributed by atoms with Gasteiger partial charge in [0.1, 0.15) is 10.7 Å². The lowest BCUT2D eigenvalue weighted by Crippen LogP contribution is -2.25. The van der Waals surface area contributed by atoms with Gasteiger partial charge in [0, 0.05) is 19.0 Å². The van der Waals surface area contributed by atoms with Gasteiger partial charge in [-0.1, -0.05) is 6.92 Å². The Balaban J connectivity index is 2.93. The highest BCUT2D eigenvalue weighted by Crippen LogP contribution is 2.22. The number of carbonyl (C=O) groups excluding carboxylic acids is 1. The first-order valence-corrected chi connectivity index (χ1v) is 7.85. The Morgan fingerprint density at radius 3 is 2.70 bits per heavy atom. The number of esters is 1. The van der Waals surface area contributed by atoms with Crippen molar-refractivity contribution in [3.8, 4) is 0 Å². The van der Waals surface area contributed by atoms with Crippen molar-refractivity contribution in [1.29, 1.82) is 0 Å². The summed E-state index contributed by atoms with van der Waals surface area (Å²) in [5.41, 5.74) is 5.34. The Labute approximate surface area is 118 Å². The zero-order valence-electron chi connectivity index (χ0n) is 11.6. The van der Waals surface area contributed by atoms with Gasteiger partial charge in [-0.2, -0.15) is 0 Å². The van der Waals surface area contributed by atoms with Gasteiger partial charge in [0.15, 0.2) is 0 Å². The van der Waals surface area contributed by atoms with Crippen LogP contribution < -0.4 is 10.5 Å². The number of ether oxygens (including phenoxy) is 1. The number of methoxy groups -OCH3 is 1. The van der Waals surface area contributed by atoms with Gasteiger partial charge in [-0.3, -0.25) is 0 Å². The summed E-state index contributed by atoms with van der Waals surface area (Å²) in [6.07, 6.45) is 1.75. The number of carbonyl (C=O) groups is 1. The van der Waals surface area contributed by atoms with E-state index >= 15 is 0 Å². The first-order valence-electron chi connectivity index (χ1n) is 6.37. The van der Waals surface area contributed by atoms with E-state index in [2.05, 4.69) is 9.46 Å². The standard InChI is InChI=1S/C12H20N2O5S/c1-3-9-11(8-10(19-9)12(15)18-2)20(16,17)14-7-5-4-6-13/h8,14H,3-7,13H2,1-2H3. The molecule has 1 rings (SSSR count). The van der Waals surface area contributed by atoms with E-state index in [0.29, 0.717) is 25.9 Å². The van der Waals surface area contributed by atoms with Crippen LogP contribution in [-0.4, -0.2) is 34.6 Å². The Hall–Kier alpha value is -1.38. The van der Waals surface area contributed by atoms with Crippen molar-refractivity contribution in [3.05, 3.63) is 17.6 Å². The van der Waals surface area contributed by atoms with Crippen LogP contribution in [0.2, 0.25) is 0 Å². The molecule has 1 aromatic heterocycles. The third-order valence-electron chi connectivity index (χ3n) is 2.69. The molecule has 0 atom stereocenters. The van der Waals surface area contributed by atoms with Crippen molar-refractivity contribution in [2.75, 3.05) is 20.2 Å². The molecule has 0 aliphatic carbocycles. The Bertz CT molecular complexity index is 550. The summed E-state index contributed by atoms with van der Waals surface area (Å²) in [5, 5.41) is 0. The van der Waals surface area contributed by atoms with E-state index in [-0.39, 0.29) is 16.4 Å². The maximum absolute atomic E-state index is 12.1. The van der Waals surface area contributed by atoms with E-state index in [1.807, 2.05) is 0 Å². The minimum atomic E-state index is -3.70. The molecular weight excluding hydrogens is 284 g/mol.